The molecule has 35 heavy (non-hydrogen) atoms. The first-order valence-corrected chi connectivity index (χ1v) is 13.9. The van der Waals surface area contributed by atoms with Crippen LogP contribution in [0.5, 0.6) is 0 Å². The van der Waals surface area contributed by atoms with Crippen LogP contribution in [-0.4, -0.2) is 55.2 Å². The summed E-state index contributed by atoms with van der Waals surface area (Å²) >= 11 is 0. The molecule has 0 bridgehead atoms. The third-order valence-corrected chi connectivity index (χ3v) is 8.76. The van der Waals surface area contributed by atoms with Crippen LogP contribution in [0.4, 0.5) is 0 Å². The second-order valence-corrected chi connectivity index (χ2v) is 11.3. The highest BCUT2D eigenvalue weighted by Crippen LogP contribution is 2.22. The molecule has 0 aromatic heterocycles. The second-order valence-electron chi connectivity index (χ2n) is 9.37. The number of amides is 1. The van der Waals surface area contributed by atoms with Crippen LogP contribution in [0.1, 0.15) is 55.7 Å². The quantitative estimate of drug-likeness (QED) is 0.544. The van der Waals surface area contributed by atoms with Gasteiger partial charge in [0.2, 0.25) is 10.0 Å². The minimum Gasteiger partial charge on any atom is -0.453 e. The van der Waals surface area contributed by atoms with Crippen molar-refractivity contribution in [1.29, 1.82) is 0 Å². The molecule has 0 N–H and O–H groups in total. The summed E-state index contributed by atoms with van der Waals surface area (Å²) in [4.78, 5) is 27.2. The number of hydrogen-bond acceptors (Lipinski definition) is 5. The average molecular weight is 499 g/mol. The predicted octanol–water partition coefficient (Wildman–Crippen LogP) is 3.70. The minimum atomic E-state index is -3.49. The summed E-state index contributed by atoms with van der Waals surface area (Å²) in [5.74, 6) is -0.625. The fourth-order valence-corrected chi connectivity index (χ4v) is 6.27. The topological polar surface area (TPSA) is 84.0 Å². The van der Waals surface area contributed by atoms with Crippen LogP contribution in [0.2, 0.25) is 0 Å². The fraction of sp³-hybridized carbons (Fsp3) is 0.481. The van der Waals surface area contributed by atoms with E-state index in [4.69, 9.17) is 4.74 Å². The van der Waals surface area contributed by atoms with E-state index in [-0.39, 0.29) is 17.2 Å². The van der Waals surface area contributed by atoms with Gasteiger partial charge in [-0.3, -0.25) is 9.59 Å². The predicted molar refractivity (Wildman–Crippen MR) is 133 cm³/mol. The van der Waals surface area contributed by atoms with Crippen molar-refractivity contribution in [2.24, 2.45) is 0 Å². The second kappa shape index (κ2) is 11.4. The van der Waals surface area contributed by atoms with Crippen molar-refractivity contribution in [1.82, 2.24) is 9.21 Å². The van der Waals surface area contributed by atoms with Crippen LogP contribution in [0.25, 0.3) is 0 Å². The molecule has 2 aliphatic rings. The third kappa shape index (κ3) is 6.30. The van der Waals surface area contributed by atoms with Crippen LogP contribution in [-0.2, 0) is 43.7 Å². The molecule has 0 saturated carbocycles. The summed E-state index contributed by atoms with van der Waals surface area (Å²) in [5, 5.41) is 0. The lowest BCUT2D eigenvalue weighted by Gasteiger charge is -2.30. The number of carbonyl (C=O) groups excluding carboxylic acids is 2. The van der Waals surface area contributed by atoms with Crippen molar-refractivity contribution in [2.75, 3.05) is 19.6 Å². The Hall–Kier alpha value is -2.71. The van der Waals surface area contributed by atoms with Gasteiger partial charge in [0.05, 0.1) is 4.90 Å². The first-order valence-electron chi connectivity index (χ1n) is 12.5. The standard InChI is InChI=1S/C27H34N2O5S/c1-21(27(31)28-19-16-23-8-4-5-9-24(23)20-28)34-26(30)15-12-22-10-13-25(14-11-22)35(32,33)29-17-6-2-3-7-18-29/h4-5,8-11,13-14,21H,2-3,6-7,12,15-20H2,1H3. The van der Waals surface area contributed by atoms with Gasteiger partial charge in [0.25, 0.3) is 5.91 Å². The monoisotopic (exact) mass is 498 g/mol. The summed E-state index contributed by atoms with van der Waals surface area (Å²) in [7, 11) is -3.49. The molecule has 2 aromatic carbocycles. The van der Waals surface area contributed by atoms with Crippen LogP contribution in [0.15, 0.2) is 53.4 Å². The van der Waals surface area contributed by atoms with Gasteiger partial charge in [-0.05, 0) is 61.4 Å². The molecule has 7 nitrogen and oxygen atoms in total. The Kier molecular flexibility index (Phi) is 8.23. The average Bonchev–Trinajstić information content (AvgIpc) is 3.17. The Labute approximate surface area is 208 Å². The zero-order valence-electron chi connectivity index (χ0n) is 20.3. The molecule has 0 radical (unpaired) electrons. The van der Waals surface area contributed by atoms with E-state index >= 15 is 0 Å². The third-order valence-electron chi connectivity index (χ3n) is 6.84. The van der Waals surface area contributed by atoms with Crippen LogP contribution in [0.3, 0.4) is 0 Å². The van der Waals surface area contributed by atoms with E-state index in [1.807, 2.05) is 18.2 Å². The smallest absolute Gasteiger partial charge is 0.306 e. The largest absolute Gasteiger partial charge is 0.453 e. The highest BCUT2D eigenvalue weighted by atomic mass is 32.2. The molecule has 1 atom stereocenters. The number of nitrogens with zero attached hydrogens (tertiary/aromatic N) is 2. The number of rotatable bonds is 7. The van der Waals surface area contributed by atoms with Crippen molar-refractivity contribution in [2.45, 2.75) is 69.4 Å². The van der Waals surface area contributed by atoms with Gasteiger partial charge in [0.1, 0.15) is 0 Å². The Bertz CT molecular complexity index is 1140. The number of esters is 1. The number of carbonyl (C=O) groups is 2. The Morgan fingerprint density at radius 3 is 2.26 bits per heavy atom. The van der Waals surface area contributed by atoms with Gasteiger partial charge in [0.15, 0.2) is 6.10 Å². The van der Waals surface area contributed by atoms with Gasteiger partial charge in [0, 0.05) is 32.6 Å². The van der Waals surface area contributed by atoms with Crippen molar-refractivity contribution < 1.29 is 22.7 Å². The zero-order valence-corrected chi connectivity index (χ0v) is 21.1. The van der Waals surface area contributed by atoms with Crippen LogP contribution >= 0.6 is 0 Å². The molecule has 1 amide bonds. The number of sulfonamides is 1. The number of fused-ring (bicyclic) bond motifs is 1. The van der Waals surface area contributed by atoms with E-state index in [0.717, 1.165) is 43.2 Å². The number of aryl methyl sites for hydroxylation is 1. The summed E-state index contributed by atoms with van der Waals surface area (Å²) < 4.78 is 32.8. The van der Waals surface area contributed by atoms with E-state index in [2.05, 4.69) is 6.07 Å². The van der Waals surface area contributed by atoms with Gasteiger partial charge in [-0.1, -0.05) is 49.2 Å². The molecule has 2 heterocycles. The van der Waals surface area contributed by atoms with E-state index in [1.54, 1.807) is 40.4 Å². The molecular weight excluding hydrogens is 464 g/mol. The van der Waals surface area contributed by atoms with Crippen molar-refractivity contribution >= 4 is 21.9 Å². The molecule has 0 aliphatic carbocycles. The summed E-state index contributed by atoms with van der Waals surface area (Å²) in [5.41, 5.74) is 3.24. The van der Waals surface area contributed by atoms with Gasteiger partial charge in [-0.25, -0.2) is 8.42 Å². The van der Waals surface area contributed by atoms with Crippen LogP contribution < -0.4 is 0 Å². The van der Waals surface area contributed by atoms with Gasteiger partial charge in [-0.2, -0.15) is 4.31 Å². The lowest BCUT2D eigenvalue weighted by atomic mass is 9.99. The molecular formula is C27H34N2O5S. The Morgan fingerprint density at radius 2 is 1.57 bits per heavy atom. The Morgan fingerprint density at radius 1 is 0.914 bits per heavy atom. The van der Waals surface area contributed by atoms with Gasteiger partial charge in [-0.15, -0.1) is 0 Å². The molecule has 4 rings (SSSR count). The summed E-state index contributed by atoms with van der Waals surface area (Å²) in [6.45, 7) is 3.89. The number of ether oxygens (including phenoxy) is 1. The molecule has 1 fully saturated rings. The highest BCUT2D eigenvalue weighted by Gasteiger charge is 2.27. The maximum absolute atomic E-state index is 12.9. The van der Waals surface area contributed by atoms with Crippen molar-refractivity contribution in [3.05, 3.63) is 65.2 Å². The lowest BCUT2D eigenvalue weighted by Crippen LogP contribution is -2.42. The number of hydrogen-bond donors (Lipinski definition) is 0. The fourth-order valence-electron chi connectivity index (χ4n) is 4.75. The normalized spacial score (nSPS) is 17.8. The molecule has 8 heteroatoms. The van der Waals surface area contributed by atoms with Crippen molar-refractivity contribution in [3.63, 3.8) is 0 Å². The van der Waals surface area contributed by atoms with E-state index < -0.39 is 22.1 Å². The maximum Gasteiger partial charge on any atom is 0.306 e. The van der Waals surface area contributed by atoms with Gasteiger partial charge < -0.3 is 9.64 Å². The molecule has 1 saturated heterocycles. The van der Waals surface area contributed by atoms with E-state index in [9.17, 15) is 18.0 Å². The van der Waals surface area contributed by atoms with Gasteiger partial charge >= 0.3 is 5.97 Å². The summed E-state index contributed by atoms with van der Waals surface area (Å²) in [6, 6.07) is 14.8. The Balaban J connectivity index is 1.26. The first-order chi connectivity index (χ1) is 16.8. The molecule has 188 valence electrons. The number of benzene rings is 2. The molecule has 0 spiro atoms. The highest BCUT2D eigenvalue weighted by molar-refractivity contribution is 7.89. The minimum absolute atomic E-state index is 0.124. The first kappa shape index (κ1) is 25.4. The van der Waals surface area contributed by atoms with Crippen LogP contribution in [0, 0.1) is 0 Å². The maximum atomic E-state index is 12.9. The SMILES string of the molecule is CC(OC(=O)CCc1ccc(S(=O)(=O)N2CCCCCC2)cc1)C(=O)N1CCc2ccccc2C1. The van der Waals surface area contributed by atoms with Crippen molar-refractivity contribution in [3.8, 4) is 0 Å². The molecule has 2 aromatic rings. The summed E-state index contributed by atoms with van der Waals surface area (Å²) in [6.07, 6.45) is 4.42. The lowest BCUT2D eigenvalue weighted by molar-refractivity contribution is -0.159. The van der Waals surface area contributed by atoms with E-state index in [1.165, 1.54) is 5.56 Å². The molecule has 1 unspecified atom stereocenters. The molecule has 2 aliphatic heterocycles. The van der Waals surface area contributed by atoms with E-state index in [0.29, 0.717) is 32.6 Å². The zero-order chi connectivity index (χ0) is 24.8.